The van der Waals surface area contributed by atoms with Crippen molar-refractivity contribution < 1.29 is 84.2 Å². The van der Waals surface area contributed by atoms with Crippen LogP contribution in [0.5, 0.6) is 0 Å². The number of hydrogen-bond donors (Lipinski definition) is 10. The third-order valence-corrected chi connectivity index (χ3v) is 19.6. The van der Waals surface area contributed by atoms with Gasteiger partial charge in [-0.25, -0.2) is 0 Å². The van der Waals surface area contributed by atoms with Crippen LogP contribution in [0.4, 0.5) is 0 Å². The average Bonchev–Trinajstić information content (AvgIpc) is 3.25. The van der Waals surface area contributed by atoms with E-state index < -0.39 is 122 Å². The maximum Gasteiger partial charge on any atom is 0.187 e. The molecule has 380 valence electrons. The molecule has 0 aromatic rings. The largest absolute Gasteiger partial charge is 0.396 e. The topological polar surface area (TPSA) is 267 Å². The quantitative estimate of drug-likeness (QED) is 0.115. The smallest absolute Gasteiger partial charge is 0.187 e. The molecule has 3 heterocycles. The fourth-order valence-electron chi connectivity index (χ4n) is 15.4. The Labute approximate surface area is 389 Å². The summed E-state index contributed by atoms with van der Waals surface area (Å²) >= 11 is 0. The maximum absolute atomic E-state index is 12.2. The van der Waals surface area contributed by atoms with Crippen LogP contribution in [-0.2, 0) is 33.2 Å². The Morgan fingerprint density at radius 2 is 1.23 bits per heavy atom. The van der Waals surface area contributed by atoms with Crippen molar-refractivity contribution in [1.82, 2.24) is 0 Å². The summed E-state index contributed by atoms with van der Waals surface area (Å²) in [4.78, 5) is 0. The number of aliphatic hydroxyl groups excluding tert-OH is 10. The highest BCUT2D eigenvalue weighted by atomic mass is 16.8. The van der Waals surface area contributed by atoms with E-state index in [0.29, 0.717) is 12.8 Å². The van der Waals surface area contributed by atoms with Crippen LogP contribution in [-0.4, -0.2) is 182 Å². The van der Waals surface area contributed by atoms with Gasteiger partial charge in [-0.05, 0) is 104 Å². The summed E-state index contributed by atoms with van der Waals surface area (Å²) in [6.45, 7) is 18.5. The normalized spacial score (nSPS) is 55.7. The second-order valence-electron chi connectivity index (χ2n) is 23.9. The molecule has 0 spiro atoms. The number of fused-ring (bicyclic) bond motifs is 7. The van der Waals surface area contributed by atoms with Crippen LogP contribution in [0.25, 0.3) is 0 Å². The number of ether oxygens (including phenoxy) is 7. The van der Waals surface area contributed by atoms with Gasteiger partial charge in [-0.1, -0.05) is 60.1 Å². The minimum Gasteiger partial charge on any atom is -0.396 e. The molecule has 7 fully saturated rings. The van der Waals surface area contributed by atoms with E-state index in [0.717, 1.165) is 38.5 Å². The molecule has 5 aliphatic carbocycles. The number of hydrogen-bond acceptors (Lipinski definition) is 17. The first kappa shape index (κ1) is 51.4. The van der Waals surface area contributed by atoms with Crippen LogP contribution in [0.2, 0.25) is 0 Å². The van der Waals surface area contributed by atoms with Crippen molar-refractivity contribution in [3.8, 4) is 0 Å². The van der Waals surface area contributed by atoms with Crippen molar-refractivity contribution in [1.29, 1.82) is 0 Å². The van der Waals surface area contributed by atoms with Gasteiger partial charge in [0.05, 0.1) is 43.7 Å². The highest BCUT2D eigenvalue weighted by molar-refractivity contribution is 5.37. The molecule has 3 aliphatic heterocycles. The average molecular weight is 943 g/mol. The Hall–Kier alpha value is -0.940. The summed E-state index contributed by atoms with van der Waals surface area (Å²) < 4.78 is 43.7. The van der Waals surface area contributed by atoms with Gasteiger partial charge >= 0.3 is 0 Å². The molecule has 8 rings (SSSR count). The molecule has 66 heavy (non-hydrogen) atoms. The SMILES string of the molecule is COC1C=C2C3CC(C)(C)CCC3(CO)C(O)CC2(C)C2(C)CCC3C(C)(C)C(OC4OC(C)C(O)C(O)C4OC4OC(CO)C(O)C(O)C4OC4OC(C)C(O)C(O)C4O)CCC3(C)C12. The van der Waals surface area contributed by atoms with Gasteiger partial charge in [0.25, 0.3) is 0 Å². The Bertz CT molecular complexity index is 1760. The zero-order valence-corrected chi connectivity index (χ0v) is 40.6. The molecule has 17 nitrogen and oxygen atoms in total. The van der Waals surface area contributed by atoms with Crippen molar-refractivity contribution >= 4 is 0 Å². The monoisotopic (exact) mass is 943 g/mol. The van der Waals surface area contributed by atoms with E-state index in [1.165, 1.54) is 12.5 Å². The Kier molecular flexibility index (Phi) is 14.0. The van der Waals surface area contributed by atoms with Crippen LogP contribution in [0.3, 0.4) is 0 Å². The first-order valence-corrected chi connectivity index (χ1v) is 24.6. The van der Waals surface area contributed by atoms with Gasteiger partial charge in [0.1, 0.15) is 61.0 Å². The fraction of sp³-hybridized carbons (Fsp3) is 0.959. The number of methoxy groups -OCH3 is 1. The third kappa shape index (κ3) is 7.84. The second-order valence-corrected chi connectivity index (χ2v) is 23.9. The van der Waals surface area contributed by atoms with Crippen LogP contribution in [0.15, 0.2) is 11.6 Å². The van der Waals surface area contributed by atoms with Gasteiger partial charge in [0.2, 0.25) is 0 Å². The van der Waals surface area contributed by atoms with Crippen molar-refractivity contribution in [3.63, 3.8) is 0 Å². The van der Waals surface area contributed by atoms with E-state index in [1.54, 1.807) is 14.0 Å². The maximum atomic E-state index is 12.2. The molecule has 0 aromatic heterocycles. The fourth-order valence-corrected chi connectivity index (χ4v) is 15.4. The van der Waals surface area contributed by atoms with E-state index in [4.69, 9.17) is 33.2 Å². The van der Waals surface area contributed by atoms with Crippen molar-refractivity contribution in [2.24, 2.45) is 50.2 Å². The predicted molar refractivity (Wildman–Crippen MR) is 235 cm³/mol. The molecule has 0 bridgehead atoms. The lowest BCUT2D eigenvalue weighted by molar-refractivity contribution is -0.396. The highest BCUT2D eigenvalue weighted by Crippen LogP contribution is 2.76. The molecule has 0 amide bonds. The predicted octanol–water partition coefficient (Wildman–Crippen LogP) is 1.26. The summed E-state index contributed by atoms with van der Waals surface area (Å²) in [7, 11) is 1.80. The molecule has 17 heteroatoms. The summed E-state index contributed by atoms with van der Waals surface area (Å²) in [6.07, 6.45) is -15.1. The van der Waals surface area contributed by atoms with Crippen molar-refractivity contribution in [2.45, 2.75) is 224 Å². The van der Waals surface area contributed by atoms with E-state index in [-0.39, 0.29) is 52.1 Å². The minimum absolute atomic E-state index is 0.0324. The number of rotatable bonds is 9. The summed E-state index contributed by atoms with van der Waals surface area (Å²) in [5, 5.41) is 110. The van der Waals surface area contributed by atoms with Crippen LogP contribution in [0.1, 0.15) is 114 Å². The van der Waals surface area contributed by atoms with E-state index >= 15 is 0 Å². The molecular weight excluding hydrogens is 861 g/mol. The highest BCUT2D eigenvalue weighted by Gasteiger charge is 2.72. The molecular formula is C49H82O17. The van der Waals surface area contributed by atoms with Gasteiger partial charge in [0, 0.05) is 18.4 Å². The first-order valence-electron chi connectivity index (χ1n) is 24.6. The Balaban J connectivity index is 1.07. The van der Waals surface area contributed by atoms with Crippen molar-refractivity contribution in [3.05, 3.63) is 11.6 Å². The van der Waals surface area contributed by atoms with Crippen LogP contribution >= 0.6 is 0 Å². The van der Waals surface area contributed by atoms with Crippen molar-refractivity contribution in [2.75, 3.05) is 20.3 Å². The Morgan fingerprint density at radius 1 is 0.636 bits per heavy atom. The van der Waals surface area contributed by atoms with Gasteiger partial charge < -0.3 is 84.2 Å². The molecule has 25 unspecified atom stereocenters. The van der Waals surface area contributed by atoms with Crippen LogP contribution < -0.4 is 0 Å². The number of allylic oxidation sites excluding steroid dienone is 1. The van der Waals surface area contributed by atoms with Gasteiger partial charge in [0.15, 0.2) is 18.9 Å². The summed E-state index contributed by atoms with van der Waals surface area (Å²) in [6, 6.07) is 0. The molecule has 25 atom stereocenters. The lowest BCUT2D eigenvalue weighted by Gasteiger charge is -2.73. The van der Waals surface area contributed by atoms with E-state index in [9.17, 15) is 51.1 Å². The van der Waals surface area contributed by atoms with Crippen LogP contribution in [0, 0.1) is 50.2 Å². The first-order chi connectivity index (χ1) is 30.8. The second kappa shape index (κ2) is 18.0. The third-order valence-electron chi connectivity index (χ3n) is 19.6. The summed E-state index contributed by atoms with van der Waals surface area (Å²) in [5.74, 6) is 0.227. The summed E-state index contributed by atoms with van der Waals surface area (Å²) in [5.41, 5.74) is -0.515. The zero-order chi connectivity index (χ0) is 48.4. The lowest BCUT2D eigenvalue weighted by Crippen LogP contribution is -2.70. The minimum atomic E-state index is -1.81. The molecule has 3 saturated heterocycles. The molecule has 10 N–H and O–H groups in total. The van der Waals surface area contributed by atoms with E-state index in [1.807, 2.05) is 0 Å². The molecule has 0 aromatic carbocycles. The number of aliphatic hydroxyl groups is 10. The molecule has 0 radical (unpaired) electrons. The zero-order valence-electron chi connectivity index (χ0n) is 40.6. The van der Waals surface area contributed by atoms with E-state index in [2.05, 4.69) is 54.5 Å². The van der Waals surface area contributed by atoms with Gasteiger partial charge in [-0.3, -0.25) is 0 Å². The Morgan fingerprint density at radius 3 is 1.85 bits per heavy atom. The molecule has 4 saturated carbocycles. The van der Waals surface area contributed by atoms with Gasteiger partial charge in [-0.15, -0.1) is 0 Å². The van der Waals surface area contributed by atoms with Gasteiger partial charge in [-0.2, -0.15) is 0 Å². The molecule has 8 aliphatic rings. The standard InChI is InChI=1S/C49H82O17/c1-22-31(53)34(56)37(59)41(61-22)65-39-36(58)33(55)27(20-50)63-43(39)66-38-35(57)32(54)23(2)62-42(38)64-30-12-13-46(7)28(45(30,5)6)11-14-47(8)40(46)26(60-10)17-24-25-18-44(3,4)15-16-49(25,21-51)29(52)19-48(24,47)9/h17,22-23,25-43,50-59H,11-16,18-21H2,1-10H3. The lowest BCUT2D eigenvalue weighted by atomic mass is 9.33.